The van der Waals surface area contributed by atoms with E-state index in [1.54, 1.807) is 23.9 Å². The van der Waals surface area contributed by atoms with Crippen LogP contribution in [0.1, 0.15) is 5.56 Å². The zero-order chi connectivity index (χ0) is 11.2. The molecule has 0 atom stereocenters. The summed E-state index contributed by atoms with van der Waals surface area (Å²) in [6.45, 7) is 1.94. The molecule has 0 saturated heterocycles. The monoisotopic (exact) mass is 243 g/mol. The number of halogens is 1. The summed E-state index contributed by atoms with van der Waals surface area (Å²) in [6.07, 6.45) is 1.54. The Morgan fingerprint density at radius 3 is 2.60 bits per heavy atom. The number of nitrogens with zero attached hydrogens (tertiary/aromatic N) is 1. The van der Waals surface area contributed by atoms with Gasteiger partial charge in [0.15, 0.2) is 0 Å². The standard InChI is InChI=1S/C10H10ClNO2S/c1-7-4-3-5-8-9(15(11,13)14)6-12(2)10(7)8/h3-6H,1-2H3. The lowest BCUT2D eigenvalue weighted by atomic mass is 10.2. The molecule has 2 aromatic rings. The zero-order valence-electron chi connectivity index (χ0n) is 8.36. The first-order valence-electron chi connectivity index (χ1n) is 4.40. The first kappa shape index (κ1) is 10.5. The van der Waals surface area contributed by atoms with Crippen molar-refractivity contribution < 1.29 is 8.42 Å². The minimum atomic E-state index is -3.67. The molecule has 0 aliphatic heterocycles. The molecule has 3 nitrogen and oxygen atoms in total. The number of rotatable bonds is 1. The maximum atomic E-state index is 11.3. The summed E-state index contributed by atoms with van der Waals surface area (Å²) in [7, 11) is 3.49. The second kappa shape index (κ2) is 3.25. The van der Waals surface area contributed by atoms with E-state index in [2.05, 4.69) is 0 Å². The van der Waals surface area contributed by atoms with E-state index in [1.807, 2.05) is 19.1 Å². The van der Waals surface area contributed by atoms with E-state index in [9.17, 15) is 8.42 Å². The molecule has 0 saturated carbocycles. The van der Waals surface area contributed by atoms with E-state index >= 15 is 0 Å². The fraction of sp³-hybridized carbons (Fsp3) is 0.200. The lowest BCUT2D eigenvalue weighted by molar-refractivity contribution is 0.610. The summed E-state index contributed by atoms with van der Waals surface area (Å²) >= 11 is 0. The zero-order valence-corrected chi connectivity index (χ0v) is 9.93. The highest BCUT2D eigenvalue weighted by Crippen LogP contribution is 2.28. The molecule has 5 heteroatoms. The Balaban J connectivity index is 2.98. The Bertz CT molecular complexity index is 628. The van der Waals surface area contributed by atoms with Crippen LogP contribution in [0.2, 0.25) is 0 Å². The quantitative estimate of drug-likeness (QED) is 0.722. The summed E-state index contributed by atoms with van der Waals surface area (Å²) in [6, 6.07) is 5.52. The molecule has 0 spiro atoms. The third-order valence-corrected chi connectivity index (χ3v) is 3.78. The number of aromatic nitrogens is 1. The number of hydrogen-bond donors (Lipinski definition) is 0. The van der Waals surface area contributed by atoms with Crippen LogP contribution in [-0.2, 0) is 16.1 Å². The minimum absolute atomic E-state index is 0.172. The van der Waals surface area contributed by atoms with Gasteiger partial charge < -0.3 is 4.57 Å². The van der Waals surface area contributed by atoms with Crippen molar-refractivity contribution in [2.24, 2.45) is 7.05 Å². The maximum Gasteiger partial charge on any atom is 0.263 e. The van der Waals surface area contributed by atoms with Gasteiger partial charge in [0.2, 0.25) is 0 Å². The summed E-state index contributed by atoms with van der Waals surface area (Å²) in [5, 5.41) is 0.674. The molecule has 1 heterocycles. The van der Waals surface area contributed by atoms with Gasteiger partial charge >= 0.3 is 0 Å². The van der Waals surface area contributed by atoms with Crippen LogP contribution < -0.4 is 0 Å². The molecular formula is C10H10ClNO2S. The molecule has 80 valence electrons. The average Bonchev–Trinajstić information content (AvgIpc) is 2.44. The lowest BCUT2D eigenvalue weighted by Gasteiger charge is -1.99. The fourth-order valence-electron chi connectivity index (χ4n) is 1.83. The van der Waals surface area contributed by atoms with Crippen LogP contribution in [0.25, 0.3) is 10.9 Å². The van der Waals surface area contributed by atoms with Crippen molar-refractivity contribution in [1.29, 1.82) is 0 Å². The number of aryl methyl sites for hydroxylation is 2. The predicted molar refractivity (Wildman–Crippen MR) is 60.7 cm³/mol. The first-order valence-corrected chi connectivity index (χ1v) is 6.71. The average molecular weight is 244 g/mol. The van der Waals surface area contributed by atoms with Crippen molar-refractivity contribution >= 4 is 30.6 Å². The Morgan fingerprint density at radius 2 is 2.00 bits per heavy atom. The van der Waals surface area contributed by atoms with Gasteiger partial charge in [0.1, 0.15) is 4.90 Å². The van der Waals surface area contributed by atoms with E-state index in [0.717, 1.165) is 11.1 Å². The van der Waals surface area contributed by atoms with Crippen molar-refractivity contribution in [3.05, 3.63) is 30.0 Å². The van der Waals surface area contributed by atoms with Crippen molar-refractivity contribution in [3.8, 4) is 0 Å². The molecule has 0 fully saturated rings. The summed E-state index contributed by atoms with van der Waals surface area (Å²) in [5.41, 5.74) is 1.93. The molecule has 0 N–H and O–H groups in total. The van der Waals surface area contributed by atoms with Gasteiger partial charge in [-0.05, 0) is 12.5 Å². The second-order valence-corrected chi connectivity index (χ2v) is 6.05. The van der Waals surface area contributed by atoms with E-state index < -0.39 is 9.05 Å². The van der Waals surface area contributed by atoms with Crippen LogP contribution in [0.15, 0.2) is 29.3 Å². The number of fused-ring (bicyclic) bond motifs is 1. The molecule has 1 aromatic carbocycles. The van der Waals surface area contributed by atoms with Gasteiger partial charge in [0, 0.05) is 29.3 Å². The third-order valence-electron chi connectivity index (χ3n) is 2.43. The van der Waals surface area contributed by atoms with Crippen molar-refractivity contribution in [1.82, 2.24) is 4.57 Å². The van der Waals surface area contributed by atoms with Crippen molar-refractivity contribution in [3.63, 3.8) is 0 Å². The number of benzene rings is 1. The van der Waals surface area contributed by atoms with Crippen LogP contribution in [0.4, 0.5) is 0 Å². The van der Waals surface area contributed by atoms with Crippen molar-refractivity contribution in [2.75, 3.05) is 0 Å². The minimum Gasteiger partial charge on any atom is -0.349 e. The van der Waals surface area contributed by atoms with E-state index in [0.29, 0.717) is 5.39 Å². The number of hydrogen-bond acceptors (Lipinski definition) is 2. The van der Waals surface area contributed by atoms with Crippen LogP contribution in [-0.4, -0.2) is 13.0 Å². The fourth-order valence-corrected chi connectivity index (χ4v) is 2.91. The van der Waals surface area contributed by atoms with Gasteiger partial charge in [-0.2, -0.15) is 0 Å². The second-order valence-electron chi connectivity index (χ2n) is 3.51. The highest BCUT2D eigenvalue weighted by molar-refractivity contribution is 8.14. The molecule has 0 aliphatic carbocycles. The largest absolute Gasteiger partial charge is 0.349 e. The number of para-hydroxylation sites is 1. The van der Waals surface area contributed by atoms with E-state index in [4.69, 9.17) is 10.7 Å². The van der Waals surface area contributed by atoms with Gasteiger partial charge in [-0.3, -0.25) is 0 Å². The van der Waals surface area contributed by atoms with Crippen LogP contribution in [0.5, 0.6) is 0 Å². The molecule has 15 heavy (non-hydrogen) atoms. The molecule has 0 unspecified atom stereocenters. The Labute approximate surface area is 92.7 Å². The summed E-state index contributed by atoms with van der Waals surface area (Å²) < 4.78 is 24.4. The first-order chi connectivity index (χ1) is 6.91. The molecule has 0 bridgehead atoms. The Morgan fingerprint density at radius 1 is 1.33 bits per heavy atom. The molecular weight excluding hydrogens is 234 g/mol. The predicted octanol–water partition coefficient (Wildman–Crippen LogP) is 2.41. The Hall–Kier alpha value is -1.00. The molecule has 0 radical (unpaired) electrons. The highest BCUT2D eigenvalue weighted by atomic mass is 35.7. The van der Waals surface area contributed by atoms with Crippen LogP contribution >= 0.6 is 10.7 Å². The molecule has 2 rings (SSSR count). The molecule has 1 aromatic heterocycles. The maximum absolute atomic E-state index is 11.3. The van der Waals surface area contributed by atoms with Gasteiger partial charge in [-0.1, -0.05) is 18.2 Å². The van der Waals surface area contributed by atoms with E-state index in [-0.39, 0.29) is 4.90 Å². The van der Waals surface area contributed by atoms with Crippen molar-refractivity contribution in [2.45, 2.75) is 11.8 Å². The van der Waals surface area contributed by atoms with E-state index in [1.165, 1.54) is 0 Å². The van der Waals surface area contributed by atoms with Gasteiger partial charge in [0.25, 0.3) is 9.05 Å². The summed E-state index contributed by atoms with van der Waals surface area (Å²) in [4.78, 5) is 0.172. The van der Waals surface area contributed by atoms with Crippen LogP contribution in [0.3, 0.4) is 0 Å². The lowest BCUT2D eigenvalue weighted by Crippen LogP contribution is -1.88. The normalized spacial score (nSPS) is 12.2. The summed E-state index contributed by atoms with van der Waals surface area (Å²) in [5.74, 6) is 0. The van der Waals surface area contributed by atoms with Gasteiger partial charge in [-0.25, -0.2) is 8.42 Å². The highest BCUT2D eigenvalue weighted by Gasteiger charge is 2.18. The topological polar surface area (TPSA) is 39.1 Å². The smallest absolute Gasteiger partial charge is 0.263 e. The SMILES string of the molecule is Cc1cccc2c(S(=O)(=O)Cl)cn(C)c12. The Kier molecular flexibility index (Phi) is 2.28. The molecule has 0 aliphatic rings. The van der Waals surface area contributed by atoms with Crippen LogP contribution in [0, 0.1) is 6.92 Å². The van der Waals surface area contributed by atoms with Gasteiger partial charge in [-0.15, -0.1) is 0 Å². The van der Waals surface area contributed by atoms with Gasteiger partial charge in [0.05, 0.1) is 5.52 Å². The third kappa shape index (κ3) is 1.64. The molecule has 0 amide bonds.